The lowest BCUT2D eigenvalue weighted by atomic mass is 10.1. The van der Waals surface area contributed by atoms with Gasteiger partial charge in [0.15, 0.2) is 0 Å². The molecule has 0 atom stereocenters. The third-order valence-electron chi connectivity index (χ3n) is 3.69. The third-order valence-corrected chi connectivity index (χ3v) is 3.69. The third kappa shape index (κ3) is 2.07. The van der Waals surface area contributed by atoms with Gasteiger partial charge >= 0.3 is 0 Å². The van der Waals surface area contributed by atoms with Crippen molar-refractivity contribution in [1.82, 2.24) is 10.3 Å². The number of halogens is 1. The maximum Gasteiger partial charge on any atom is 0.147 e. The highest BCUT2D eigenvalue weighted by Gasteiger charge is 2.15. The highest BCUT2D eigenvalue weighted by Crippen LogP contribution is 2.22. The van der Waals surface area contributed by atoms with Gasteiger partial charge in [-0.1, -0.05) is 25.0 Å². The minimum atomic E-state index is -0.172. The average molecular weight is 232 g/mol. The summed E-state index contributed by atoms with van der Waals surface area (Å²) in [5.74, 6) is -0.172. The van der Waals surface area contributed by atoms with E-state index in [9.17, 15) is 4.39 Å². The van der Waals surface area contributed by atoms with Crippen LogP contribution >= 0.6 is 0 Å². The molecule has 90 valence electrons. The maximum absolute atomic E-state index is 13.5. The summed E-state index contributed by atoms with van der Waals surface area (Å²) in [6.07, 6.45) is 7.13. The van der Waals surface area contributed by atoms with Crippen LogP contribution in [0.2, 0.25) is 0 Å². The number of aromatic nitrogens is 1. The van der Waals surface area contributed by atoms with E-state index in [1.54, 1.807) is 6.07 Å². The molecule has 0 spiro atoms. The van der Waals surface area contributed by atoms with Crippen molar-refractivity contribution in [1.29, 1.82) is 0 Å². The van der Waals surface area contributed by atoms with E-state index in [-0.39, 0.29) is 5.82 Å². The van der Waals surface area contributed by atoms with E-state index >= 15 is 0 Å². The first-order valence-electron chi connectivity index (χ1n) is 6.32. The summed E-state index contributed by atoms with van der Waals surface area (Å²) in [6, 6.07) is 5.88. The fourth-order valence-corrected chi connectivity index (χ4v) is 2.71. The minimum absolute atomic E-state index is 0.172. The fraction of sp³-hybridized carbons (Fsp3) is 0.429. The number of fused-ring (bicyclic) bond motifs is 1. The van der Waals surface area contributed by atoms with Crippen molar-refractivity contribution in [2.24, 2.45) is 0 Å². The molecular formula is C14H17FN2. The van der Waals surface area contributed by atoms with E-state index in [0.29, 0.717) is 11.6 Å². The summed E-state index contributed by atoms with van der Waals surface area (Å²) in [6.45, 7) is 0.827. The molecule has 17 heavy (non-hydrogen) atoms. The van der Waals surface area contributed by atoms with Crippen LogP contribution in [-0.4, -0.2) is 11.0 Å². The Morgan fingerprint density at radius 1 is 1.29 bits per heavy atom. The number of hydrogen-bond donors (Lipinski definition) is 2. The Morgan fingerprint density at radius 2 is 2.12 bits per heavy atom. The van der Waals surface area contributed by atoms with Gasteiger partial charge < -0.3 is 10.3 Å². The van der Waals surface area contributed by atoms with E-state index in [0.717, 1.165) is 17.5 Å². The molecule has 1 aromatic heterocycles. The van der Waals surface area contributed by atoms with Gasteiger partial charge in [-0.15, -0.1) is 0 Å². The molecule has 0 unspecified atom stereocenters. The zero-order valence-corrected chi connectivity index (χ0v) is 9.80. The number of nitrogens with one attached hydrogen (secondary N) is 2. The smallest absolute Gasteiger partial charge is 0.147 e. The summed E-state index contributed by atoms with van der Waals surface area (Å²) >= 11 is 0. The van der Waals surface area contributed by atoms with Gasteiger partial charge in [0.05, 0.1) is 5.52 Å². The number of rotatable bonds is 3. The average Bonchev–Trinajstić information content (AvgIpc) is 2.95. The molecule has 3 heteroatoms. The first-order chi connectivity index (χ1) is 8.34. The van der Waals surface area contributed by atoms with Gasteiger partial charge in [0, 0.05) is 24.2 Å². The molecule has 1 saturated carbocycles. The van der Waals surface area contributed by atoms with Crippen molar-refractivity contribution in [3.8, 4) is 0 Å². The number of H-pyrrole nitrogens is 1. The van der Waals surface area contributed by atoms with E-state index in [4.69, 9.17) is 0 Å². The summed E-state index contributed by atoms with van der Waals surface area (Å²) < 4.78 is 13.5. The molecule has 0 bridgehead atoms. The number of benzene rings is 1. The van der Waals surface area contributed by atoms with E-state index in [2.05, 4.69) is 10.3 Å². The Morgan fingerprint density at radius 3 is 2.94 bits per heavy atom. The molecule has 2 aromatic rings. The summed E-state index contributed by atoms with van der Waals surface area (Å²) in [5, 5.41) is 4.55. The van der Waals surface area contributed by atoms with Crippen LogP contribution in [0, 0.1) is 5.82 Å². The molecule has 1 heterocycles. The Labute approximate surface area is 100 Å². The van der Waals surface area contributed by atoms with Gasteiger partial charge in [-0.25, -0.2) is 4.39 Å². The van der Waals surface area contributed by atoms with E-state index in [1.165, 1.54) is 31.7 Å². The molecule has 0 aliphatic heterocycles. The van der Waals surface area contributed by atoms with Crippen molar-refractivity contribution in [2.75, 3.05) is 0 Å². The van der Waals surface area contributed by atoms with Gasteiger partial charge in [-0.2, -0.15) is 0 Å². The summed E-state index contributed by atoms with van der Waals surface area (Å²) in [7, 11) is 0. The molecule has 3 rings (SSSR count). The molecule has 0 radical (unpaired) electrons. The normalized spacial score (nSPS) is 17.0. The summed E-state index contributed by atoms with van der Waals surface area (Å²) in [5.41, 5.74) is 1.78. The van der Waals surface area contributed by atoms with Crippen LogP contribution in [0.1, 0.15) is 31.2 Å². The quantitative estimate of drug-likeness (QED) is 0.834. The monoisotopic (exact) mass is 232 g/mol. The van der Waals surface area contributed by atoms with Crippen molar-refractivity contribution in [3.05, 3.63) is 35.8 Å². The van der Waals surface area contributed by atoms with Crippen LogP contribution in [-0.2, 0) is 6.54 Å². The van der Waals surface area contributed by atoms with Crippen LogP contribution in [0.5, 0.6) is 0 Å². The second-order valence-electron chi connectivity index (χ2n) is 4.84. The maximum atomic E-state index is 13.5. The van der Waals surface area contributed by atoms with Crippen LogP contribution in [0.3, 0.4) is 0 Å². The predicted molar refractivity (Wildman–Crippen MR) is 67.4 cm³/mol. The van der Waals surface area contributed by atoms with Gasteiger partial charge in [0.2, 0.25) is 0 Å². The Kier molecular flexibility index (Phi) is 2.85. The minimum Gasteiger partial charge on any atom is -0.358 e. The molecular weight excluding hydrogens is 215 g/mol. The standard InChI is InChI=1S/C14H17FN2/c15-13-7-3-6-12-10(9-17-14(12)13)8-16-11-4-1-2-5-11/h3,6-7,9,11,16-17H,1-2,4-5,8H2. The molecule has 2 nitrogen and oxygen atoms in total. The highest BCUT2D eigenvalue weighted by atomic mass is 19.1. The van der Waals surface area contributed by atoms with E-state index < -0.39 is 0 Å². The van der Waals surface area contributed by atoms with Gasteiger partial charge in [-0.3, -0.25) is 0 Å². The number of hydrogen-bond acceptors (Lipinski definition) is 1. The molecule has 1 fully saturated rings. The van der Waals surface area contributed by atoms with Crippen molar-refractivity contribution in [3.63, 3.8) is 0 Å². The van der Waals surface area contributed by atoms with Gasteiger partial charge in [0.1, 0.15) is 5.82 Å². The largest absolute Gasteiger partial charge is 0.358 e. The first-order valence-corrected chi connectivity index (χ1v) is 6.32. The van der Waals surface area contributed by atoms with Crippen molar-refractivity contribution < 1.29 is 4.39 Å². The van der Waals surface area contributed by atoms with E-state index in [1.807, 2.05) is 12.3 Å². The first kappa shape index (κ1) is 10.8. The lowest BCUT2D eigenvalue weighted by Gasteiger charge is -2.10. The van der Waals surface area contributed by atoms with Crippen LogP contribution in [0.15, 0.2) is 24.4 Å². The highest BCUT2D eigenvalue weighted by molar-refractivity contribution is 5.83. The second-order valence-corrected chi connectivity index (χ2v) is 4.84. The zero-order valence-electron chi connectivity index (χ0n) is 9.80. The van der Waals surface area contributed by atoms with Crippen molar-refractivity contribution >= 4 is 10.9 Å². The van der Waals surface area contributed by atoms with Crippen molar-refractivity contribution in [2.45, 2.75) is 38.3 Å². The molecule has 1 aliphatic rings. The SMILES string of the molecule is Fc1cccc2c(CNC3CCCC3)c[nH]c12. The van der Waals surface area contributed by atoms with Crippen LogP contribution in [0.25, 0.3) is 10.9 Å². The summed E-state index contributed by atoms with van der Waals surface area (Å²) in [4.78, 5) is 3.02. The van der Waals surface area contributed by atoms with Crippen LogP contribution < -0.4 is 5.32 Å². The molecule has 1 aliphatic carbocycles. The second kappa shape index (κ2) is 4.49. The molecule has 2 N–H and O–H groups in total. The lowest BCUT2D eigenvalue weighted by molar-refractivity contribution is 0.525. The van der Waals surface area contributed by atoms with Crippen LogP contribution in [0.4, 0.5) is 4.39 Å². The molecule has 0 amide bonds. The topological polar surface area (TPSA) is 27.8 Å². The van der Waals surface area contributed by atoms with Gasteiger partial charge in [-0.05, 0) is 24.5 Å². The Hall–Kier alpha value is -1.35. The Bertz CT molecular complexity index is 512. The zero-order chi connectivity index (χ0) is 11.7. The Balaban J connectivity index is 1.78. The van der Waals surface area contributed by atoms with Gasteiger partial charge in [0.25, 0.3) is 0 Å². The molecule has 1 aromatic carbocycles. The number of aromatic amines is 1. The number of para-hydroxylation sites is 1. The predicted octanol–water partition coefficient (Wildman–Crippen LogP) is 3.34. The lowest BCUT2D eigenvalue weighted by Crippen LogP contribution is -2.25. The fourth-order valence-electron chi connectivity index (χ4n) is 2.71. The molecule has 0 saturated heterocycles.